The van der Waals surface area contributed by atoms with Gasteiger partial charge in [-0.05, 0) is 49.7 Å². The summed E-state index contributed by atoms with van der Waals surface area (Å²) in [5.74, 6) is -1.20. The lowest BCUT2D eigenvalue weighted by molar-refractivity contribution is 0.0664. The highest BCUT2D eigenvalue weighted by atomic mass is 35.5. The Hall–Kier alpha value is -3.10. The van der Waals surface area contributed by atoms with E-state index < -0.39 is 11.6 Å². The van der Waals surface area contributed by atoms with Crippen LogP contribution in [0.15, 0.2) is 48.5 Å². The Bertz CT molecular complexity index is 1300. The van der Waals surface area contributed by atoms with E-state index in [2.05, 4.69) is 22.8 Å². The summed E-state index contributed by atoms with van der Waals surface area (Å²) in [7, 11) is 1.94. The van der Waals surface area contributed by atoms with Crippen molar-refractivity contribution in [3.05, 3.63) is 82.1 Å². The van der Waals surface area contributed by atoms with Crippen LogP contribution in [0.25, 0.3) is 0 Å². The van der Waals surface area contributed by atoms with Crippen molar-refractivity contribution in [2.24, 2.45) is 7.05 Å². The molecule has 202 valence electrons. The molecule has 0 bridgehead atoms. The van der Waals surface area contributed by atoms with Gasteiger partial charge in [-0.1, -0.05) is 23.7 Å². The Morgan fingerprint density at radius 3 is 2.26 bits per heavy atom. The van der Waals surface area contributed by atoms with Gasteiger partial charge in [0, 0.05) is 82.9 Å². The lowest BCUT2D eigenvalue weighted by Gasteiger charge is -2.41. The van der Waals surface area contributed by atoms with Gasteiger partial charge in [-0.15, -0.1) is 0 Å². The average Bonchev–Trinajstić information content (AvgIpc) is 3.17. The van der Waals surface area contributed by atoms with Gasteiger partial charge < -0.3 is 19.3 Å². The van der Waals surface area contributed by atoms with Crippen LogP contribution >= 0.6 is 11.6 Å². The van der Waals surface area contributed by atoms with Crippen molar-refractivity contribution >= 4 is 28.9 Å². The second-order valence-electron chi connectivity index (χ2n) is 10.3. The second-order valence-corrected chi connectivity index (χ2v) is 10.7. The summed E-state index contributed by atoms with van der Waals surface area (Å²) in [6.07, 6.45) is 0. The first-order valence-corrected chi connectivity index (χ1v) is 13.5. The highest BCUT2D eigenvalue weighted by Gasteiger charge is 2.31. The lowest BCUT2D eigenvalue weighted by atomic mass is 10.1. The molecule has 2 aromatic carbocycles. The predicted molar refractivity (Wildman–Crippen MR) is 148 cm³/mol. The molecule has 5 rings (SSSR count). The van der Waals surface area contributed by atoms with Gasteiger partial charge in [0.05, 0.1) is 10.7 Å². The standard InChI is InChI=1S/C29H34ClF2N5O/c1-20-18-36(25-16-23(31)15-24(32)17-25)12-13-37(20)29(38)28-14-22(21(2)33(28)3)19-34-8-10-35(11-9-34)27-7-5-4-6-26(27)30/h4-7,14-17,20H,8-13,18-19H2,1-3H3. The largest absolute Gasteiger partial charge is 0.368 e. The minimum absolute atomic E-state index is 0.0111. The average molecular weight is 542 g/mol. The van der Waals surface area contributed by atoms with Gasteiger partial charge in [0.1, 0.15) is 17.3 Å². The van der Waals surface area contributed by atoms with E-state index in [4.69, 9.17) is 11.6 Å². The molecule has 9 heteroatoms. The maximum absolute atomic E-state index is 13.7. The van der Waals surface area contributed by atoms with Crippen LogP contribution in [-0.4, -0.2) is 72.1 Å². The first kappa shape index (κ1) is 26.5. The Labute approximate surface area is 228 Å². The molecule has 3 aromatic rings. The number of benzene rings is 2. The van der Waals surface area contributed by atoms with Gasteiger partial charge in [0.2, 0.25) is 0 Å². The minimum Gasteiger partial charge on any atom is -0.368 e. The zero-order chi connectivity index (χ0) is 27.0. The number of hydrogen-bond acceptors (Lipinski definition) is 4. The molecule has 2 saturated heterocycles. The van der Waals surface area contributed by atoms with Crippen molar-refractivity contribution in [2.75, 3.05) is 55.6 Å². The van der Waals surface area contributed by atoms with Gasteiger partial charge in [-0.3, -0.25) is 9.69 Å². The number of aromatic nitrogens is 1. The molecule has 1 amide bonds. The van der Waals surface area contributed by atoms with E-state index in [1.807, 2.05) is 52.6 Å². The number of hydrogen-bond donors (Lipinski definition) is 0. The lowest BCUT2D eigenvalue weighted by Crippen LogP contribution is -2.54. The summed E-state index contributed by atoms with van der Waals surface area (Å²) >= 11 is 6.39. The van der Waals surface area contributed by atoms with Gasteiger partial charge in [0.25, 0.3) is 5.91 Å². The number of amides is 1. The van der Waals surface area contributed by atoms with E-state index in [1.165, 1.54) is 12.1 Å². The molecule has 0 spiro atoms. The van der Waals surface area contributed by atoms with Gasteiger partial charge in [-0.25, -0.2) is 8.78 Å². The molecule has 2 fully saturated rings. The molecular formula is C29H34ClF2N5O. The van der Waals surface area contributed by atoms with Crippen LogP contribution < -0.4 is 9.80 Å². The molecule has 2 aliphatic rings. The Morgan fingerprint density at radius 1 is 0.947 bits per heavy atom. The molecule has 0 radical (unpaired) electrons. The monoisotopic (exact) mass is 541 g/mol. The number of para-hydroxylation sites is 1. The molecule has 1 atom stereocenters. The number of piperazine rings is 2. The molecule has 1 unspecified atom stereocenters. The molecule has 6 nitrogen and oxygen atoms in total. The van der Waals surface area contributed by atoms with Crippen molar-refractivity contribution in [1.29, 1.82) is 0 Å². The fraction of sp³-hybridized carbons (Fsp3) is 0.414. The summed E-state index contributed by atoms with van der Waals surface area (Å²) in [5, 5.41) is 0.779. The maximum atomic E-state index is 13.7. The third-order valence-electron chi connectivity index (χ3n) is 7.92. The fourth-order valence-corrected chi connectivity index (χ4v) is 5.84. The van der Waals surface area contributed by atoms with Crippen LogP contribution in [0.1, 0.15) is 28.7 Å². The minimum atomic E-state index is -0.594. The Kier molecular flexibility index (Phi) is 7.63. The number of halogens is 3. The van der Waals surface area contributed by atoms with Gasteiger partial charge in [-0.2, -0.15) is 0 Å². The maximum Gasteiger partial charge on any atom is 0.270 e. The highest BCUT2D eigenvalue weighted by Crippen LogP contribution is 2.27. The van der Waals surface area contributed by atoms with E-state index in [1.54, 1.807) is 0 Å². The summed E-state index contributed by atoms with van der Waals surface area (Å²) in [4.78, 5) is 22.2. The van der Waals surface area contributed by atoms with Crippen LogP contribution in [-0.2, 0) is 13.6 Å². The van der Waals surface area contributed by atoms with Crippen LogP contribution in [0, 0.1) is 18.6 Å². The first-order valence-electron chi connectivity index (χ1n) is 13.1. The highest BCUT2D eigenvalue weighted by molar-refractivity contribution is 6.33. The molecule has 0 aliphatic carbocycles. The third kappa shape index (κ3) is 5.38. The number of rotatable bonds is 5. The Morgan fingerprint density at radius 2 is 1.61 bits per heavy atom. The molecule has 38 heavy (non-hydrogen) atoms. The zero-order valence-corrected chi connectivity index (χ0v) is 22.9. The third-order valence-corrected chi connectivity index (χ3v) is 8.24. The fourth-order valence-electron chi connectivity index (χ4n) is 5.59. The molecule has 0 N–H and O–H groups in total. The quantitative estimate of drug-likeness (QED) is 0.458. The smallest absolute Gasteiger partial charge is 0.270 e. The number of carbonyl (C=O) groups is 1. The van der Waals surface area contributed by atoms with Crippen LogP contribution in [0.5, 0.6) is 0 Å². The van der Waals surface area contributed by atoms with Crippen LogP contribution in [0.4, 0.5) is 20.2 Å². The van der Waals surface area contributed by atoms with Gasteiger partial charge >= 0.3 is 0 Å². The van der Waals surface area contributed by atoms with E-state index >= 15 is 0 Å². The van der Waals surface area contributed by atoms with Crippen LogP contribution in [0.3, 0.4) is 0 Å². The summed E-state index contributed by atoms with van der Waals surface area (Å²) in [6, 6.07) is 13.4. The molecular weight excluding hydrogens is 508 g/mol. The molecule has 0 saturated carbocycles. The molecule has 2 aliphatic heterocycles. The normalized spacial score (nSPS) is 18.8. The predicted octanol–water partition coefficient (Wildman–Crippen LogP) is 4.94. The first-order chi connectivity index (χ1) is 18.2. The van der Waals surface area contributed by atoms with Crippen molar-refractivity contribution in [1.82, 2.24) is 14.4 Å². The number of carbonyl (C=O) groups excluding carboxylic acids is 1. The van der Waals surface area contributed by atoms with Crippen molar-refractivity contribution in [3.63, 3.8) is 0 Å². The summed E-state index contributed by atoms with van der Waals surface area (Å²) < 4.78 is 29.4. The molecule has 1 aromatic heterocycles. The van der Waals surface area contributed by atoms with Crippen LogP contribution in [0.2, 0.25) is 5.02 Å². The van der Waals surface area contributed by atoms with Crippen molar-refractivity contribution < 1.29 is 13.6 Å². The summed E-state index contributed by atoms with van der Waals surface area (Å²) in [5.41, 5.74) is 4.50. The topological polar surface area (TPSA) is 35.0 Å². The van der Waals surface area contributed by atoms with Gasteiger partial charge in [0.15, 0.2) is 0 Å². The SMILES string of the molecule is Cc1c(CN2CCN(c3ccccc3Cl)CC2)cc(C(=O)N2CCN(c3cc(F)cc(F)c3)CC2C)n1C. The zero-order valence-electron chi connectivity index (χ0n) is 22.1. The number of nitrogens with zero attached hydrogens (tertiary/aromatic N) is 5. The second kappa shape index (κ2) is 10.9. The van der Waals surface area contributed by atoms with E-state index in [9.17, 15) is 13.6 Å². The van der Waals surface area contributed by atoms with E-state index in [0.717, 1.165) is 60.8 Å². The van der Waals surface area contributed by atoms with Crippen molar-refractivity contribution in [3.8, 4) is 0 Å². The summed E-state index contributed by atoms with van der Waals surface area (Å²) in [6.45, 7) is 9.99. The van der Waals surface area contributed by atoms with Crippen molar-refractivity contribution in [2.45, 2.75) is 26.4 Å². The van der Waals surface area contributed by atoms with E-state index in [0.29, 0.717) is 31.0 Å². The van der Waals surface area contributed by atoms with E-state index in [-0.39, 0.29) is 11.9 Å². The Balaban J connectivity index is 1.22. The number of anilines is 2. The molecule has 3 heterocycles.